The predicted octanol–water partition coefficient (Wildman–Crippen LogP) is 4.58. The second kappa shape index (κ2) is 9.11. The van der Waals surface area contributed by atoms with Gasteiger partial charge in [-0.15, -0.1) is 0 Å². The van der Waals surface area contributed by atoms with Crippen LogP contribution in [0.1, 0.15) is 29.7 Å². The lowest BCUT2D eigenvalue weighted by Crippen LogP contribution is -2.30. The van der Waals surface area contributed by atoms with Crippen LogP contribution < -0.4 is 4.74 Å². The van der Waals surface area contributed by atoms with Crippen LogP contribution in [0.4, 0.5) is 0 Å². The molecule has 1 amide bonds. The first-order valence-corrected chi connectivity index (χ1v) is 12.1. The minimum atomic E-state index is -4.12. The van der Waals surface area contributed by atoms with E-state index in [0.717, 1.165) is 17.5 Å². The largest absolute Gasteiger partial charge is 0.502 e. The summed E-state index contributed by atoms with van der Waals surface area (Å²) in [5.74, 6) is -0.784. The minimum absolute atomic E-state index is 0.0285. The zero-order valence-electron chi connectivity index (χ0n) is 18.4. The number of ether oxygens (including phenoxy) is 1. The number of hydrogen-bond acceptors (Lipinski definition) is 5. The molecule has 1 atom stereocenters. The number of aliphatic hydroxyl groups is 1. The standard InChI is InChI=1S/C26H25NO5S/c1-3-18-9-13-20(14-10-18)23-25(33(30,31)22-7-5-4-6-8-22)24(28)26(29)27(23)17-19-11-15-21(32-2)16-12-19/h4-16,23,28H,3,17H2,1-2H3/t23-/m0/s1. The van der Waals surface area contributed by atoms with Crippen LogP contribution in [0.5, 0.6) is 5.75 Å². The molecule has 33 heavy (non-hydrogen) atoms. The van der Waals surface area contributed by atoms with Crippen LogP contribution in [0.2, 0.25) is 0 Å². The molecular formula is C26H25NO5S. The molecule has 1 aliphatic rings. The molecule has 6 nitrogen and oxygen atoms in total. The summed E-state index contributed by atoms with van der Waals surface area (Å²) >= 11 is 0. The number of aryl methyl sites for hydroxylation is 1. The number of methoxy groups -OCH3 is 1. The van der Waals surface area contributed by atoms with E-state index in [-0.39, 0.29) is 16.3 Å². The van der Waals surface area contributed by atoms with E-state index in [4.69, 9.17) is 4.74 Å². The quantitative estimate of drug-likeness (QED) is 0.554. The Kier molecular flexibility index (Phi) is 6.24. The molecule has 3 aromatic rings. The van der Waals surface area contributed by atoms with E-state index in [2.05, 4.69) is 0 Å². The van der Waals surface area contributed by atoms with Gasteiger partial charge in [0.2, 0.25) is 9.84 Å². The Hall–Kier alpha value is -3.58. The van der Waals surface area contributed by atoms with Gasteiger partial charge in [-0.3, -0.25) is 4.79 Å². The van der Waals surface area contributed by atoms with Gasteiger partial charge >= 0.3 is 0 Å². The number of carbonyl (C=O) groups is 1. The zero-order chi connectivity index (χ0) is 23.6. The number of hydrogen-bond donors (Lipinski definition) is 1. The Balaban J connectivity index is 1.82. The third-order valence-corrected chi connectivity index (χ3v) is 7.70. The smallest absolute Gasteiger partial charge is 0.290 e. The van der Waals surface area contributed by atoms with Crippen LogP contribution in [0.25, 0.3) is 0 Å². The van der Waals surface area contributed by atoms with Gasteiger partial charge in [-0.1, -0.05) is 61.5 Å². The summed E-state index contributed by atoms with van der Waals surface area (Å²) in [6.07, 6.45) is 0.829. The molecule has 0 spiro atoms. The highest BCUT2D eigenvalue weighted by atomic mass is 32.2. The minimum Gasteiger partial charge on any atom is -0.502 e. The monoisotopic (exact) mass is 463 g/mol. The van der Waals surface area contributed by atoms with Crippen molar-refractivity contribution in [3.8, 4) is 5.75 Å². The summed E-state index contributed by atoms with van der Waals surface area (Å²) in [4.78, 5) is 14.3. The Morgan fingerprint density at radius 2 is 1.52 bits per heavy atom. The average molecular weight is 464 g/mol. The molecule has 3 aromatic carbocycles. The van der Waals surface area contributed by atoms with Gasteiger partial charge in [-0.25, -0.2) is 8.42 Å². The Labute approximate surface area is 193 Å². The molecule has 0 radical (unpaired) electrons. The molecule has 0 aromatic heterocycles. The number of carbonyl (C=O) groups excluding carboxylic acids is 1. The SMILES string of the molecule is CCc1ccc([C@H]2C(S(=O)(=O)c3ccccc3)=C(O)C(=O)N2Cc2ccc(OC)cc2)cc1. The van der Waals surface area contributed by atoms with E-state index in [1.165, 1.54) is 17.0 Å². The van der Waals surface area contributed by atoms with E-state index in [1.807, 2.05) is 43.3 Å². The van der Waals surface area contributed by atoms with Crippen LogP contribution in [-0.4, -0.2) is 31.4 Å². The van der Waals surface area contributed by atoms with Crippen LogP contribution >= 0.6 is 0 Å². The van der Waals surface area contributed by atoms with Crippen molar-refractivity contribution in [2.75, 3.05) is 7.11 Å². The topological polar surface area (TPSA) is 83.9 Å². The van der Waals surface area contributed by atoms with Gasteiger partial charge in [0.15, 0.2) is 5.76 Å². The summed E-state index contributed by atoms with van der Waals surface area (Å²) in [5, 5.41) is 10.8. The molecule has 0 unspecified atom stereocenters. The van der Waals surface area contributed by atoms with E-state index in [9.17, 15) is 18.3 Å². The number of rotatable bonds is 7. The van der Waals surface area contributed by atoms with Crippen LogP contribution in [0.15, 0.2) is 94.4 Å². The van der Waals surface area contributed by atoms with Crippen molar-refractivity contribution < 1.29 is 23.1 Å². The second-order valence-corrected chi connectivity index (χ2v) is 9.73. The lowest BCUT2D eigenvalue weighted by atomic mass is 10.0. The number of benzene rings is 3. The predicted molar refractivity (Wildman–Crippen MR) is 125 cm³/mol. The Morgan fingerprint density at radius 3 is 2.09 bits per heavy atom. The fraction of sp³-hybridized carbons (Fsp3) is 0.192. The number of amides is 1. The third kappa shape index (κ3) is 4.24. The molecule has 4 rings (SSSR count). The van der Waals surface area contributed by atoms with Crippen LogP contribution in [-0.2, 0) is 27.6 Å². The van der Waals surface area contributed by atoms with Gasteiger partial charge in [-0.2, -0.15) is 0 Å². The van der Waals surface area contributed by atoms with E-state index in [0.29, 0.717) is 11.3 Å². The van der Waals surface area contributed by atoms with Crippen molar-refractivity contribution in [2.45, 2.75) is 30.8 Å². The van der Waals surface area contributed by atoms with Gasteiger partial charge in [-0.05, 0) is 47.4 Å². The first-order valence-electron chi connectivity index (χ1n) is 10.6. The third-order valence-electron chi connectivity index (χ3n) is 5.82. The van der Waals surface area contributed by atoms with Crippen molar-refractivity contribution in [2.24, 2.45) is 0 Å². The summed E-state index contributed by atoms with van der Waals surface area (Å²) in [6, 6.07) is 21.5. The fourth-order valence-electron chi connectivity index (χ4n) is 3.99. The van der Waals surface area contributed by atoms with Crippen molar-refractivity contribution in [3.05, 3.63) is 106 Å². The van der Waals surface area contributed by atoms with Crippen LogP contribution in [0.3, 0.4) is 0 Å². The van der Waals surface area contributed by atoms with Gasteiger partial charge in [0.05, 0.1) is 18.0 Å². The molecule has 0 saturated heterocycles. The van der Waals surface area contributed by atoms with Gasteiger partial charge in [0.25, 0.3) is 5.91 Å². The molecule has 0 aliphatic carbocycles. The van der Waals surface area contributed by atoms with Gasteiger partial charge < -0.3 is 14.7 Å². The second-order valence-electron chi connectivity index (χ2n) is 7.81. The summed E-state index contributed by atoms with van der Waals surface area (Å²) in [5.41, 5.74) is 2.49. The molecular weight excluding hydrogens is 438 g/mol. The number of nitrogens with zero attached hydrogens (tertiary/aromatic N) is 1. The van der Waals surface area contributed by atoms with Crippen molar-refractivity contribution >= 4 is 15.7 Å². The first kappa shape index (κ1) is 22.6. The van der Waals surface area contributed by atoms with Crippen LogP contribution in [0, 0.1) is 0 Å². The highest BCUT2D eigenvalue weighted by molar-refractivity contribution is 7.95. The van der Waals surface area contributed by atoms with Gasteiger partial charge in [0, 0.05) is 6.54 Å². The maximum absolute atomic E-state index is 13.6. The number of aliphatic hydroxyl groups excluding tert-OH is 1. The molecule has 0 fully saturated rings. The maximum atomic E-state index is 13.6. The molecule has 0 saturated carbocycles. The molecule has 1 aliphatic heterocycles. The Morgan fingerprint density at radius 1 is 0.909 bits per heavy atom. The van der Waals surface area contributed by atoms with Gasteiger partial charge in [0.1, 0.15) is 10.7 Å². The molecule has 1 N–H and O–H groups in total. The fourth-order valence-corrected chi connectivity index (χ4v) is 5.66. The lowest BCUT2D eigenvalue weighted by Gasteiger charge is -2.27. The van der Waals surface area contributed by atoms with E-state index < -0.39 is 27.5 Å². The number of sulfone groups is 1. The van der Waals surface area contributed by atoms with Crippen molar-refractivity contribution in [1.29, 1.82) is 0 Å². The normalized spacial score (nSPS) is 16.4. The first-order chi connectivity index (χ1) is 15.9. The highest BCUT2D eigenvalue weighted by Gasteiger charge is 2.46. The summed E-state index contributed by atoms with van der Waals surface area (Å²) < 4.78 is 32.3. The zero-order valence-corrected chi connectivity index (χ0v) is 19.2. The maximum Gasteiger partial charge on any atom is 0.290 e. The molecule has 170 valence electrons. The summed E-state index contributed by atoms with van der Waals surface area (Å²) in [7, 11) is -2.56. The molecule has 0 bridgehead atoms. The summed E-state index contributed by atoms with van der Waals surface area (Å²) in [6.45, 7) is 2.15. The van der Waals surface area contributed by atoms with Crippen molar-refractivity contribution in [3.63, 3.8) is 0 Å². The van der Waals surface area contributed by atoms with E-state index >= 15 is 0 Å². The average Bonchev–Trinajstić information content (AvgIpc) is 3.10. The Bertz CT molecular complexity index is 1280. The lowest BCUT2D eigenvalue weighted by molar-refractivity contribution is -0.130. The molecule has 1 heterocycles. The van der Waals surface area contributed by atoms with E-state index in [1.54, 1.807) is 37.4 Å². The highest BCUT2D eigenvalue weighted by Crippen LogP contribution is 2.43. The van der Waals surface area contributed by atoms with Crippen molar-refractivity contribution in [1.82, 2.24) is 4.90 Å². The molecule has 7 heteroatoms.